The predicted octanol–water partition coefficient (Wildman–Crippen LogP) is 6.88. The van der Waals surface area contributed by atoms with E-state index >= 15 is 0 Å². The van der Waals surface area contributed by atoms with Crippen LogP contribution < -0.4 is 0 Å². The Bertz CT molecular complexity index is 944. The van der Waals surface area contributed by atoms with E-state index in [1.807, 2.05) is 0 Å². The molecule has 0 spiro atoms. The minimum Gasteiger partial charge on any atom is -0.309 e. The zero-order valence-electron chi connectivity index (χ0n) is 14.0. The fourth-order valence-corrected chi connectivity index (χ4v) is 3.47. The summed E-state index contributed by atoms with van der Waals surface area (Å²) in [5.41, 5.74) is 7.19. The lowest BCUT2D eigenvalue weighted by Crippen LogP contribution is -1.99. The van der Waals surface area contributed by atoms with Crippen LogP contribution in [0, 0.1) is 6.92 Å². The molecule has 2 heteroatoms. The van der Waals surface area contributed by atoms with Gasteiger partial charge in [0.25, 0.3) is 0 Å². The van der Waals surface area contributed by atoms with Gasteiger partial charge in [-0.15, -0.1) is 0 Å². The molecule has 0 unspecified atom stereocenters. The zero-order chi connectivity index (χ0) is 17.2. The van der Waals surface area contributed by atoms with E-state index in [0.717, 1.165) is 10.2 Å². The van der Waals surface area contributed by atoms with Crippen molar-refractivity contribution in [3.63, 3.8) is 0 Å². The number of hydrogen-bond donors (Lipinski definition) is 0. The van der Waals surface area contributed by atoms with Gasteiger partial charge in [-0.3, -0.25) is 0 Å². The topological polar surface area (TPSA) is 4.93 Å². The molecule has 0 radical (unpaired) electrons. The molecule has 0 aliphatic heterocycles. The average molecular weight is 388 g/mol. The van der Waals surface area contributed by atoms with Gasteiger partial charge in [0.2, 0.25) is 0 Å². The summed E-state index contributed by atoms with van der Waals surface area (Å²) in [5, 5.41) is 0. The maximum atomic E-state index is 3.68. The van der Waals surface area contributed by atoms with Crippen LogP contribution in [0.25, 0.3) is 28.2 Å². The molecule has 25 heavy (non-hydrogen) atoms. The molecule has 0 atom stereocenters. The number of benzene rings is 3. The van der Waals surface area contributed by atoms with E-state index in [9.17, 15) is 0 Å². The van der Waals surface area contributed by atoms with Crippen molar-refractivity contribution >= 4 is 15.9 Å². The number of aromatic nitrogens is 1. The van der Waals surface area contributed by atoms with Crippen LogP contribution in [0.1, 0.15) is 5.56 Å². The van der Waals surface area contributed by atoms with Crippen LogP contribution >= 0.6 is 15.9 Å². The number of hydrogen-bond acceptors (Lipinski definition) is 0. The summed E-state index contributed by atoms with van der Waals surface area (Å²) in [6, 6.07) is 32.0. The molecule has 0 saturated heterocycles. The van der Waals surface area contributed by atoms with Crippen molar-refractivity contribution in [2.75, 3.05) is 0 Å². The highest BCUT2D eigenvalue weighted by Crippen LogP contribution is 2.33. The van der Waals surface area contributed by atoms with Crippen LogP contribution in [0.4, 0.5) is 0 Å². The molecule has 0 aliphatic rings. The minimum absolute atomic E-state index is 1.12. The highest BCUT2D eigenvalue weighted by atomic mass is 79.9. The monoisotopic (exact) mass is 387 g/mol. The fourth-order valence-electron chi connectivity index (χ4n) is 3.10. The molecule has 3 aromatic carbocycles. The minimum atomic E-state index is 1.12. The van der Waals surface area contributed by atoms with Crippen molar-refractivity contribution in [3.8, 4) is 28.2 Å². The van der Waals surface area contributed by atoms with Crippen LogP contribution in [-0.2, 0) is 0 Å². The first-order chi connectivity index (χ1) is 12.2. The van der Waals surface area contributed by atoms with E-state index in [1.165, 1.54) is 28.1 Å². The molecule has 0 bridgehead atoms. The van der Waals surface area contributed by atoms with Crippen molar-refractivity contribution in [1.82, 2.24) is 4.57 Å². The summed E-state index contributed by atoms with van der Waals surface area (Å²) in [6.07, 6.45) is 0. The molecule has 1 heterocycles. The van der Waals surface area contributed by atoms with Gasteiger partial charge in [-0.2, -0.15) is 0 Å². The third-order valence-corrected chi connectivity index (χ3v) is 5.29. The van der Waals surface area contributed by atoms with Gasteiger partial charge in [0.1, 0.15) is 0 Å². The Morgan fingerprint density at radius 1 is 0.640 bits per heavy atom. The van der Waals surface area contributed by atoms with Crippen molar-refractivity contribution in [1.29, 1.82) is 0 Å². The molecule has 0 amide bonds. The SMILES string of the molecule is Cc1ccc(-n2c(-c3ccccc3)ccc2-c2ccccc2)cc1Br. The van der Waals surface area contributed by atoms with E-state index in [0.29, 0.717) is 0 Å². The van der Waals surface area contributed by atoms with Gasteiger partial charge in [-0.25, -0.2) is 0 Å². The van der Waals surface area contributed by atoms with E-state index < -0.39 is 0 Å². The molecular formula is C23H18BrN. The number of nitrogens with zero attached hydrogens (tertiary/aromatic N) is 1. The molecule has 0 aliphatic carbocycles. The zero-order valence-corrected chi connectivity index (χ0v) is 15.6. The van der Waals surface area contributed by atoms with E-state index in [1.54, 1.807) is 0 Å². The summed E-state index contributed by atoms with van der Waals surface area (Å²) >= 11 is 3.68. The van der Waals surface area contributed by atoms with Crippen LogP contribution in [0.15, 0.2) is 95.5 Å². The summed E-state index contributed by atoms with van der Waals surface area (Å²) in [6.45, 7) is 2.11. The number of rotatable bonds is 3. The molecule has 1 aromatic heterocycles. The standard InChI is InChI=1S/C23H18BrN/c1-17-12-13-20(16-21(17)24)25-22(18-8-4-2-5-9-18)14-15-23(25)19-10-6-3-7-11-19/h2-16H,1H3. The Morgan fingerprint density at radius 3 is 1.64 bits per heavy atom. The summed E-state index contributed by atoms with van der Waals surface area (Å²) in [4.78, 5) is 0. The second-order valence-electron chi connectivity index (χ2n) is 6.10. The van der Waals surface area contributed by atoms with Crippen molar-refractivity contribution < 1.29 is 0 Å². The molecule has 0 saturated carbocycles. The van der Waals surface area contributed by atoms with Gasteiger partial charge in [-0.1, -0.05) is 82.7 Å². The quantitative estimate of drug-likeness (QED) is 0.360. The van der Waals surface area contributed by atoms with Gasteiger partial charge < -0.3 is 4.57 Å². The first-order valence-corrected chi connectivity index (χ1v) is 9.12. The Labute approximate surface area is 156 Å². The Morgan fingerprint density at radius 2 is 1.16 bits per heavy atom. The van der Waals surface area contributed by atoms with E-state index in [4.69, 9.17) is 0 Å². The lowest BCUT2D eigenvalue weighted by Gasteiger charge is -2.15. The fraction of sp³-hybridized carbons (Fsp3) is 0.0435. The molecule has 0 fully saturated rings. The van der Waals surface area contributed by atoms with Crippen LogP contribution in [-0.4, -0.2) is 4.57 Å². The second-order valence-corrected chi connectivity index (χ2v) is 6.96. The number of aryl methyl sites for hydroxylation is 1. The summed E-state index contributed by atoms with van der Waals surface area (Å²) in [5.74, 6) is 0. The normalized spacial score (nSPS) is 10.8. The molecule has 0 N–H and O–H groups in total. The van der Waals surface area contributed by atoms with Crippen LogP contribution in [0.5, 0.6) is 0 Å². The molecule has 4 aromatic rings. The lowest BCUT2D eigenvalue weighted by atomic mass is 10.1. The van der Waals surface area contributed by atoms with Crippen LogP contribution in [0.2, 0.25) is 0 Å². The van der Waals surface area contributed by atoms with Gasteiger partial charge >= 0.3 is 0 Å². The van der Waals surface area contributed by atoms with Gasteiger partial charge in [0.15, 0.2) is 0 Å². The first kappa shape index (κ1) is 15.9. The van der Waals surface area contributed by atoms with Gasteiger partial charge in [-0.05, 0) is 47.9 Å². The Hall–Kier alpha value is -2.58. The smallest absolute Gasteiger partial charge is 0.0535 e. The molecular weight excluding hydrogens is 370 g/mol. The third-order valence-electron chi connectivity index (χ3n) is 4.43. The average Bonchev–Trinajstić information content (AvgIpc) is 3.10. The van der Waals surface area contributed by atoms with Gasteiger partial charge in [0.05, 0.1) is 11.4 Å². The van der Waals surface area contributed by atoms with Crippen molar-refractivity contribution in [2.45, 2.75) is 6.92 Å². The molecule has 1 nitrogen and oxygen atoms in total. The maximum Gasteiger partial charge on any atom is 0.0535 e. The lowest BCUT2D eigenvalue weighted by molar-refractivity contribution is 1.09. The highest BCUT2D eigenvalue weighted by Gasteiger charge is 2.14. The van der Waals surface area contributed by atoms with E-state index in [2.05, 4.69) is 118 Å². The predicted molar refractivity (Wildman–Crippen MR) is 109 cm³/mol. The molecule has 122 valence electrons. The largest absolute Gasteiger partial charge is 0.309 e. The summed E-state index contributed by atoms with van der Waals surface area (Å²) in [7, 11) is 0. The maximum absolute atomic E-state index is 3.68. The first-order valence-electron chi connectivity index (χ1n) is 8.33. The highest BCUT2D eigenvalue weighted by molar-refractivity contribution is 9.10. The number of halogens is 1. The van der Waals surface area contributed by atoms with Gasteiger partial charge in [0, 0.05) is 10.2 Å². The van der Waals surface area contributed by atoms with Crippen molar-refractivity contribution in [2.24, 2.45) is 0 Å². The Kier molecular flexibility index (Phi) is 4.29. The summed E-state index contributed by atoms with van der Waals surface area (Å²) < 4.78 is 3.45. The van der Waals surface area contributed by atoms with Crippen molar-refractivity contribution in [3.05, 3.63) is 101 Å². The third kappa shape index (κ3) is 3.06. The van der Waals surface area contributed by atoms with E-state index in [-0.39, 0.29) is 0 Å². The molecule has 4 rings (SSSR count). The Balaban J connectivity index is 1.98. The van der Waals surface area contributed by atoms with Crippen LogP contribution in [0.3, 0.4) is 0 Å². The second kappa shape index (κ2) is 6.73.